The molecule has 0 unspecified atom stereocenters. The number of esters is 1. The number of nitrogens with one attached hydrogen (secondary N) is 1. The van der Waals surface area contributed by atoms with E-state index in [4.69, 9.17) is 4.74 Å². The first kappa shape index (κ1) is 9.98. The van der Waals surface area contributed by atoms with Gasteiger partial charge in [-0.3, -0.25) is 0 Å². The molecule has 1 N–H and O–H groups in total. The SMILES string of the molecule is CCOC(=O)c1csc2c1=CC=CNC=2. The zero-order valence-electron chi connectivity index (χ0n) is 8.32. The fraction of sp³-hybridized carbons (Fsp3) is 0.182. The maximum absolute atomic E-state index is 11.6. The molecule has 78 valence electrons. The Morgan fingerprint density at radius 1 is 1.60 bits per heavy atom. The molecule has 0 amide bonds. The minimum Gasteiger partial charge on any atom is -0.462 e. The summed E-state index contributed by atoms with van der Waals surface area (Å²) in [6.45, 7) is 2.21. The van der Waals surface area contributed by atoms with Crippen molar-refractivity contribution in [3.8, 4) is 0 Å². The summed E-state index contributed by atoms with van der Waals surface area (Å²) in [5.41, 5.74) is 0.640. The molecule has 2 heterocycles. The van der Waals surface area contributed by atoms with Crippen molar-refractivity contribution in [2.45, 2.75) is 6.92 Å². The highest BCUT2D eigenvalue weighted by Gasteiger charge is 2.10. The number of allylic oxidation sites excluding steroid dienone is 1. The Hall–Kier alpha value is -1.55. The Morgan fingerprint density at radius 3 is 3.27 bits per heavy atom. The second kappa shape index (κ2) is 4.31. The van der Waals surface area contributed by atoms with Crippen LogP contribution >= 0.6 is 11.3 Å². The van der Waals surface area contributed by atoms with Gasteiger partial charge in [-0.25, -0.2) is 4.79 Å². The molecule has 0 spiro atoms. The normalized spacial score (nSPS) is 12.9. The molecular formula is C11H11NO2S. The van der Waals surface area contributed by atoms with E-state index in [2.05, 4.69) is 5.32 Å². The van der Waals surface area contributed by atoms with Crippen molar-refractivity contribution < 1.29 is 9.53 Å². The first-order chi connectivity index (χ1) is 7.33. The Kier molecular flexibility index (Phi) is 2.87. The van der Waals surface area contributed by atoms with Crippen molar-refractivity contribution in [3.05, 3.63) is 33.0 Å². The molecule has 0 fully saturated rings. The minimum absolute atomic E-state index is 0.255. The third-order valence-corrected chi connectivity index (χ3v) is 2.97. The molecule has 1 aliphatic heterocycles. The third kappa shape index (κ3) is 1.94. The molecule has 0 saturated heterocycles. The van der Waals surface area contributed by atoms with Gasteiger partial charge in [-0.05, 0) is 13.0 Å². The Labute approximate surface area is 91.4 Å². The van der Waals surface area contributed by atoms with E-state index < -0.39 is 0 Å². The van der Waals surface area contributed by atoms with Crippen molar-refractivity contribution in [1.82, 2.24) is 5.32 Å². The van der Waals surface area contributed by atoms with Crippen LogP contribution in [-0.2, 0) is 4.74 Å². The molecule has 4 heteroatoms. The van der Waals surface area contributed by atoms with Crippen molar-refractivity contribution in [2.24, 2.45) is 0 Å². The van der Waals surface area contributed by atoms with E-state index in [9.17, 15) is 4.79 Å². The van der Waals surface area contributed by atoms with E-state index in [0.717, 1.165) is 9.75 Å². The van der Waals surface area contributed by atoms with Crippen LogP contribution in [0.1, 0.15) is 17.3 Å². The summed E-state index contributed by atoms with van der Waals surface area (Å²) in [6.07, 6.45) is 7.48. The van der Waals surface area contributed by atoms with Gasteiger partial charge in [0.2, 0.25) is 0 Å². The van der Waals surface area contributed by atoms with Crippen LogP contribution in [0.2, 0.25) is 0 Å². The molecule has 0 saturated carbocycles. The van der Waals surface area contributed by atoms with Crippen LogP contribution in [0.5, 0.6) is 0 Å². The number of hydrogen-bond donors (Lipinski definition) is 1. The summed E-state index contributed by atoms with van der Waals surface area (Å²) in [6, 6.07) is 0. The quantitative estimate of drug-likeness (QED) is 0.742. The number of thiophene rings is 1. The van der Waals surface area contributed by atoms with Gasteiger partial charge in [-0.1, -0.05) is 6.08 Å². The highest BCUT2D eigenvalue weighted by atomic mass is 32.1. The van der Waals surface area contributed by atoms with Crippen LogP contribution in [-0.4, -0.2) is 12.6 Å². The lowest BCUT2D eigenvalue weighted by atomic mass is 10.2. The Bertz CT molecular complexity index is 513. The molecule has 1 aliphatic rings. The molecule has 1 aromatic rings. The molecule has 0 radical (unpaired) electrons. The molecular weight excluding hydrogens is 210 g/mol. The average Bonchev–Trinajstić information content (AvgIpc) is 2.48. The van der Waals surface area contributed by atoms with E-state index in [-0.39, 0.29) is 5.97 Å². The molecule has 0 atom stereocenters. The van der Waals surface area contributed by atoms with Crippen LogP contribution in [0, 0.1) is 0 Å². The number of carbonyl (C=O) groups excluding carboxylic acids is 1. The Morgan fingerprint density at radius 2 is 2.47 bits per heavy atom. The van der Waals surface area contributed by atoms with E-state index >= 15 is 0 Å². The fourth-order valence-corrected chi connectivity index (χ4v) is 2.27. The molecule has 0 aliphatic carbocycles. The first-order valence-corrected chi connectivity index (χ1v) is 5.58. The molecule has 1 aromatic heterocycles. The van der Waals surface area contributed by atoms with Gasteiger partial charge in [0.15, 0.2) is 0 Å². The Balaban J connectivity index is 2.52. The summed E-state index contributed by atoms with van der Waals surface area (Å²) < 4.78 is 6.03. The second-order valence-corrected chi connectivity index (χ2v) is 3.90. The maximum atomic E-state index is 11.6. The fourth-order valence-electron chi connectivity index (χ4n) is 1.36. The van der Waals surface area contributed by atoms with Gasteiger partial charge in [0.25, 0.3) is 0 Å². The van der Waals surface area contributed by atoms with Gasteiger partial charge in [0.05, 0.1) is 16.7 Å². The van der Waals surface area contributed by atoms with Crippen LogP contribution in [0.25, 0.3) is 12.3 Å². The number of carbonyl (C=O) groups is 1. The lowest BCUT2D eigenvalue weighted by molar-refractivity contribution is 0.0525. The van der Waals surface area contributed by atoms with Gasteiger partial charge in [-0.2, -0.15) is 0 Å². The highest BCUT2D eigenvalue weighted by molar-refractivity contribution is 7.08. The topological polar surface area (TPSA) is 38.3 Å². The average molecular weight is 221 g/mol. The van der Waals surface area contributed by atoms with Crippen molar-refractivity contribution in [2.75, 3.05) is 6.61 Å². The maximum Gasteiger partial charge on any atom is 0.339 e. The first-order valence-electron chi connectivity index (χ1n) is 4.70. The number of hydrogen-bond acceptors (Lipinski definition) is 4. The standard InChI is InChI=1S/C11H11NO2S/c1-2-14-11(13)9-7-15-10-6-12-5-3-4-8(9)10/h3-7,12H,2H2,1H3. The predicted octanol–water partition coefficient (Wildman–Crippen LogP) is 0.560. The molecule has 3 nitrogen and oxygen atoms in total. The van der Waals surface area contributed by atoms with Gasteiger partial charge < -0.3 is 10.1 Å². The van der Waals surface area contributed by atoms with Crippen molar-refractivity contribution in [3.63, 3.8) is 0 Å². The molecule has 0 aromatic carbocycles. The molecule has 15 heavy (non-hydrogen) atoms. The minimum atomic E-state index is -0.255. The van der Waals surface area contributed by atoms with E-state index in [1.54, 1.807) is 6.92 Å². The highest BCUT2D eigenvalue weighted by Crippen LogP contribution is 1.98. The van der Waals surface area contributed by atoms with Crippen molar-refractivity contribution in [1.29, 1.82) is 0 Å². The monoisotopic (exact) mass is 221 g/mol. The predicted molar refractivity (Wildman–Crippen MR) is 60.7 cm³/mol. The third-order valence-electron chi connectivity index (χ3n) is 2.02. The lowest BCUT2D eigenvalue weighted by Crippen LogP contribution is -2.25. The van der Waals surface area contributed by atoms with Crippen molar-refractivity contribution >= 4 is 29.6 Å². The van der Waals surface area contributed by atoms with E-state index in [1.165, 1.54) is 11.3 Å². The van der Waals surface area contributed by atoms with Gasteiger partial charge in [0, 0.05) is 23.0 Å². The van der Waals surface area contributed by atoms with E-state index in [0.29, 0.717) is 12.2 Å². The lowest BCUT2D eigenvalue weighted by Gasteiger charge is -1.97. The zero-order valence-corrected chi connectivity index (χ0v) is 9.14. The summed E-state index contributed by atoms with van der Waals surface area (Å²) in [7, 11) is 0. The number of rotatable bonds is 2. The summed E-state index contributed by atoms with van der Waals surface area (Å²) in [5, 5.41) is 5.77. The number of ether oxygens (including phenoxy) is 1. The summed E-state index contributed by atoms with van der Waals surface area (Å²) >= 11 is 1.53. The molecule has 0 bridgehead atoms. The molecule has 2 rings (SSSR count). The summed E-state index contributed by atoms with van der Waals surface area (Å²) in [4.78, 5) is 11.6. The van der Waals surface area contributed by atoms with Crippen LogP contribution in [0.3, 0.4) is 0 Å². The van der Waals surface area contributed by atoms with Gasteiger partial charge in [0.1, 0.15) is 0 Å². The smallest absolute Gasteiger partial charge is 0.339 e. The van der Waals surface area contributed by atoms with Crippen LogP contribution in [0.4, 0.5) is 0 Å². The zero-order chi connectivity index (χ0) is 10.7. The van der Waals surface area contributed by atoms with Gasteiger partial charge in [-0.15, -0.1) is 11.3 Å². The number of fused-ring (bicyclic) bond motifs is 1. The van der Waals surface area contributed by atoms with Gasteiger partial charge >= 0.3 is 5.97 Å². The van der Waals surface area contributed by atoms with Crippen LogP contribution < -0.4 is 15.1 Å². The van der Waals surface area contributed by atoms with Crippen LogP contribution in [0.15, 0.2) is 17.7 Å². The summed E-state index contributed by atoms with van der Waals surface area (Å²) in [5.74, 6) is -0.255. The van der Waals surface area contributed by atoms with E-state index in [1.807, 2.05) is 29.9 Å². The largest absolute Gasteiger partial charge is 0.462 e. The second-order valence-electron chi connectivity index (χ2n) is 2.98.